The number of hydrogen-bond donors (Lipinski definition) is 2. The topological polar surface area (TPSA) is 74.5 Å². The molecular weight excluding hydrogens is 503 g/mol. The fourth-order valence-corrected chi connectivity index (χ4v) is 3.81. The van der Waals surface area contributed by atoms with Crippen molar-refractivity contribution >= 4 is 35.8 Å². The molecule has 31 heavy (non-hydrogen) atoms. The molecule has 1 fully saturated rings. The number of guanidine groups is 1. The Morgan fingerprint density at radius 1 is 1.26 bits per heavy atom. The van der Waals surface area contributed by atoms with E-state index in [9.17, 15) is 4.79 Å². The van der Waals surface area contributed by atoms with Gasteiger partial charge >= 0.3 is 0 Å². The summed E-state index contributed by atoms with van der Waals surface area (Å²) >= 11 is 0. The van der Waals surface area contributed by atoms with Crippen LogP contribution in [0.1, 0.15) is 31.7 Å². The van der Waals surface area contributed by atoms with Gasteiger partial charge in [0.1, 0.15) is 5.82 Å². The second-order valence-electron chi connectivity index (χ2n) is 8.34. The van der Waals surface area contributed by atoms with E-state index in [0.29, 0.717) is 24.8 Å². The fraction of sp³-hybridized carbons (Fsp3) is 0.522. The van der Waals surface area contributed by atoms with Crippen LogP contribution in [0.4, 0.5) is 0 Å². The highest BCUT2D eigenvalue weighted by atomic mass is 127. The van der Waals surface area contributed by atoms with Crippen LogP contribution in [-0.2, 0) is 24.3 Å². The lowest BCUT2D eigenvalue weighted by Gasteiger charge is -2.18. The maximum Gasteiger partial charge on any atom is 0.223 e. The van der Waals surface area contributed by atoms with Gasteiger partial charge in [-0.25, -0.2) is 4.98 Å². The van der Waals surface area contributed by atoms with Crippen LogP contribution < -0.4 is 10.6 Å². The second-order valence-corrected chi connectivity index (χ2v) is 8.34. The zero-order valence-electron chi connectivity index (χ0n) is 18.8. The summed E-state index contributed by atoms with van der Waals surface area (Å²) in [5, 5.41) is 6.71. The van der Waals surface area contributed by atoms with Crippen LogP contribution in [0.3, 0.4) is 0 Å². The molecule has 1 atom stereocenters. The van der Waals surface area contributed by atoms with Gasteiger partial charge in [-0.05, 0) is 17.9 Å². The molecule has 1 aromatic carbocycles. The molecule has 0 saturated carbocycles. The number of nitrogens with zero attached hydrogens (tertiary/aromatic N) is 4. The highest BCUT2D eigenvalue weighted by molar-refractivity contribution is 14.0. The van der Waals surface area contributed by atoms with E-state index in [4.69, 9.17) is 0 Å². The molecule has 2 heterocycles. The Labute approximate surface area is 202 Å². The van der Waals surface area contributed by atoms with E-state index in [2.05, 4.69) is 51.2 Å². The number of halogens is 1. The smallest absolute Gasteiger partial charge is 0.223 e. The monoisotopic (exact) mass is 538 g/mol. The van der Waals surface area contributed by atoms with E-state index < -0.39 is 0 Å². The van der Waals surface area contributed by atoms with Crippen LogP contribution >= 0.6 is 24.0 Å². The van der Waals surface area contributed by atoms with Crippen LogP contribution in [0, 0.1) is 11.8 Å². The lowest BCUT2D eigenvalue weighted by atomic mass is 10.1. The maximum atomic E-state index is 12.4. The molecule has 1 aliphatic heterocycles. The Bertz CT molecular complexity index is 836. The fourth-order valence-electron chi connectivity index (χ4n) is 3.81. The van der Waals surface area contributed by atoms with Crippen molar-refractivity contribution in [2.24, 2.45) is 16.8 Å². The molecule has 170 valence electrons. The number of carbonyl (C=O) groups is 1. The van der Waals surface area contributed by atoms with Gasteiger partial charge in [-0.15, -0.1) is 24.0 Å². The van der Waals surface area contributed by atoms with Crippen molar-refractivity contribution < 1.29 is 4.79 Å². The van der Waals surface area contributed by atoms with E-state index in [1.165, 1.54) is 5.56 Å². The summed E-state index contributed by atoms with van der Waals surface area (Å²) in [4.78, 5) is 23.1. The number of aliphatic imine (C=N–C) groups is 1. The number of nitrogens with one attached hydrogen (secondary N) is 2. The van der Waals surface area contributed by atoms with Crippen LogP contribution in [0.25, 0.3) is 0 Å². The molecule has 2 aromatic rings. The van der Waals surface area contributed by atoms with Crippen LogP contribution in [0.5, 0.6) is 0 Å². The average molecular weight is 538 g/mol. The van der Waals surface area contributed by atoms with E-state index in [-0.39, 0.29) is 29.9 Å². The standard InChI is InChI=1S/C23H34N6O.HI/c1-18(2)16-28-12-10-25-21(28)15-27-23(24-3)26-14-20-13-22(30)29(17-20)11-9-19-7-5-4-6-8-19;/h4-8,10,12,18,20H,9,11,13-17H2,1-3H3,(H2,24,26,27);1H. The van der Waals surface area contributed by atoms with Gasteiger partial charge < -0.3 is 20.1 Å². The minimum absolute atomic E-state index is 0. The first kappa shape index (κ1) is 25.2. The van der Waals surface area contributed by atoms with Crippen molar-refractivity contribution in [3.8, 4) is 0 Å². The summed E-state index contributed by atoms with van der Waals surface area (Å²) in [6, 6.07) is 10.3. The van der Waals surface area contributed by atoms with Gasteiger partial charge in [-0.3, -0.25) is 9.79 Å². The Balaban J connectivity index is 0.00000341. The summed E-state index contributed by atoms with van der Waals surface area (Å²) in [7, 11) is 1.77. The largest absolute Gasteiger partial charge is 0.356 e. The van der Waals surface area contributed by atoms with Gasteiger partial charge in [0.05, 0.1) is 6.54 Å². The number of likely N-dealkylation sites (tertiary alicyclic amines) is 1. The molecule has 0 bridgehead atoms. The summed E-state index contributed by atoms with van der Waals surface area (Å²) < 4.78 is 2.17. The highest BCUT2D eigenvalue weighted by Crippen LogP contribution is 2.17. The molecule has 1 amide bonds. The van der Waals surface area contributed by atoms with Crippen molar-refractivity contribution in [3.63, 3.8) is 0 Å². The SMILES string of the molecule is CN=C(NCc1nccn1CC(C)C)NCC1CC(=O)N(CCc2ccccc2)C1.I. The predicted octanol–water partition coefficient (Wildman–Crippen LogP) is 2.91. The molecule has 0 spiro atoms. The molecule has 2 N–H and O–H groups in total. The van der Waals surface area contributed by atoms with Gasteiger partial charge in [-0.1, -0.05) is 44.2 Å². The molecule has 8 heteroatoms. The van der Waals surface area contributed by atoms with Gasteiger partial charge in [0.25, 0.3) is 0 Å². The Kier molecular flexibility index (Phi) is 10.3. The van der Waals surface area contributed by atoms with Crippen LogP contribution in [0.2, 0.25) is 0 Å². The van der Waals surface area contributed by atoms with Crippen molar-refractivity contribution in [2.45, 2.75) is 39.8 Å². The third kappa shape index (κ3) is 7.83. The van der Waals surface area contributed by atoms with Gasteiger partial charge in [-0.2, -0.15) is 0 Å². The van der Waals surface area contributed by atoms with E-state index in [1.807, 2.05) is 35.5 Å². The van der Waals surface area contributed by atoms with Gasteiger partial charge in [0.15, 0.2) is 5.96 Å². The normalized spacial score (nSPS) is 16.5. The Morgan fingerprint density at radius 3 is 2.74 bits per heavy atom. The van der Waals surface area contributed by atoms with Crippen molar-refractivity contribution in [1.29, 1.82) is 0 Å². The number of aromatic nitrogens is 2. The molecule has 7 nitrogen and oxygen atoms in total. The van der Waals surface area contributed by atoms with Crippen LogP contribution in [-0.4, -0.2) is 53.0 Å². The van der Waals surface area contributed by atoms with E-state index in [0.717, 1.165) is 44.4 Å². The lowest BCUT2D eigenvalue weighted by Crippen LogP contribution is -2.40. The maximum absolute atomic E-state index is 12.4. The van der Waals surface area contributed by atoms with Crippen molar-refractivity contribution in [3.05, 3.63) is 54.1 Å². The van der Waals surface area contributed by atoms with E-state index in [1.54, 1.807) is 7.05 Å². The first-order valence-electron chi connectivity index (χ1n) is 10.8. The Morgan fingerprint density at radius 2 is 2.03 bits per heavy atom. The first-order chi connectivity index (χ1) is 14.5. The molecule has 1 aliphatic rings. The molecule has 0 radical (unpaired) electrons. The van der Waals surface area contributed by atoms with Crippen LogP contribution in [0.15, 0.2) is 47.7 Å². The molecule has 1 unspecified atom stereocenters. The lowest BCUT2D eigenvalue weighted by molar-refractivity contribution is -0.127. The number of benzene rings is 1. The van der Waals surface area contributed by atoms with Gasteiger partial charge in [0.2, 0.25) is 5.91 Å². The number of amides is 1. The van der Waals surface area contributed by atoms with Crippen molar-refractivity contribution in [2.75, 3.05) is 26.7 Å². The second kappa shape index (κ2) is 12.7. The molecule has 1 saturated heterocycles. The molecule has 1 aromatic heterocycles. The molecular formula is C23H35IN6O. The van der Waals surface area contributed by atoms with Crippen molar-refractivity contribution in [1.82, 2.24) is 25.1 Å². The average Bonchev–Trinajstić information content (AvgIpc) is 3.32. The number of imidazole rings is 1. The summed E-state index contributed by atoms with van der Waals surface area (Å²) in [5.74, 6) is 2.85. The minimum atomic E-state index is 0. The van der Waals surface area contributed by atoms with E-state index >= 15 is 0 Å². The summed E-state index contributed by atoms with van der Waals surface area (Å²) in [5.41, 5.74) is 1.27. The summed E-state index contributed by atoms with van der Waals surface area (Å²) in [6.07, 6.45) is 5.35. The zero-order valence-corrected chi connectivity index (χ0v) is 21.1. The molecule has 0 aliphatic carbocycles. The quantitative estimate of drug-likeness (QED) is 0.293. The van der Waals surface area contributed by atoms with Gasteiger partial charge in [0, 0.05) is 58.0 Å². The Hall–Kier alpha value is -2.10. The minimum Gasteiger partial charge on any atom is -0.356 e. The third-order valence-electron chi connectivity index (χ3n) is 5.37. The third-order valence-corrected chi connectivity index (χ3v) is 5.37. The number of hydrogen-bond acceptors (Lipinski definition) is 3. The number of carbonyl (C=O) groups excluding carboxylic acids is 1. The number of rotatable bonds is 9. The first-order valence-corrected chi connectivity index (χ1v) is 10.8. The highest BCUT2D eigenvalue weighted by Gasteiger charge is 2.29. The summed E-state index contributed by atoms with van der Waals surface area (Å²) in [6.45, 7) is 8.28. The predicted molar refractivity (Wildman–Crippen MR) is 136 cm³/mol. The molecule has 3 rings (SSSR count). The zero-order chi connectivity index (χ0) is 21.3.